The zero-order chi connectivity index (χ0) is 18.9. The molecule has 0 aliphatic carbocycles. The van der Waals surface area contributed by atoms with Crippen molar-refractivity contribution in [3.05, 3.63) is 58.1 Å². The molecule has 1 heterocycles. The Kier molecular flexibility index (Phi) is 4.99. The Morgan fingerprint density at radius 2 is 1.85 bits per heavy atom. The summed E-state index contributed by atoms with van der Waals surface area (Å²) in [6.45, 7) is 0. The summed E-state index contributed by atoms with van der Waals surface area (Å²) in [5.41, 5.74) is 0.374. The van der Waals surface area contributed by atoms with Gasteiger partial charge in [0.25, 0.3) is 11.8 Å². The van der Waals surface area contributed by atoms with Crippen LogP contribution >= 0.6 is 23.2 Å². The normalized spacial score (nSPS) is 11.3. The molecule has 0 fully saturated rings. The van der Waals surface area contributed by atoms with Crippen LogP contribution in [0, 0.1) is 0 Å². The number of aromatic nitrogens is 2. The summed E-state index contributed by atoms with van der Waals surface area (Å²) in [7, 11) is -3.50. The maximum absolute atomic E-state index is 12.3. The van der Waals surface area contributed by atoms with E-state index in [4.69, 9.17) is 27.6 Å². The van der Waals surface area contributed by atoms with Gasteiger partial charge in [-0.2, -0.15) is 0 Å². The van der Waals surface area contributed by atoms with Crippen molar-refractivity contribution < 1.29 is 17.6 Å². The van der Waals surface area contributed by atoms with Crippen LogP contribution in [-0.2, 0) is 9.84 Å². The van der Waals surface area contributed by atoms with Crippen LogP contribution in [0.15, 0.2) is 51.8 Å². The third kappa shape index (κ3) is 3.87. The van der Waals surface area contributed by atoms with Gasteiger partial charge in [0.05, 0.1) is 21.0 Å². The van der Waals surface area contributed by atoms with Gasteiger partial charge in [0.2, 0.25) is 0 Å². The van der Waals surface area contributed by atoms with Gasteiger partial charge in [-0.25, -0.2) is 8.42 Å². The van der Waals surface area contributed by atoms with Gasteiger partial charge in [-0.15, -0.1) is 5.10 Å². The highest BCUT2D eigenvalue weighted by molar-refractivity contribution is 7.90. The first-order valence-corrected chi connectivity index (χ1v) is 9.80. The fourth-order valence-electron chi connectivity index (χ4n) is 2.19. The summed E-state index contributed by atoms with van der Waals surface area (Å²) in [5, 5.41) is 10.5. The summed E-state index contributed by atoms with van der Waals surface area (Å²) in [5.74, 6) is -0.636. The van der Waals surface area contributed by atoms with E-state index in [0.717, 1.165) is 6.26 Å². The molecule has 134 valence electrons. The second-order valence-electron chi connectivity index (χ2n) is 5.26. The quantitative estimate of drug-likeness (QED) is 0.701. The molecule has 26 heavy (non-hydrogen) atoms. The SMILES string of the molecule is CS(=O)(=O)c1ccccc1-c1nnc(NC(=O)c2cc(Cl)ccc2Cl)o1. The van der Waals surface area contributed by atoms with Crippen molar-refractivity contribution in [3.8, 4) is 11.5 Å². The summed E-state index contributed by atoms with van der Waals surface area (Å²) >= 11 is 11.8. The molecule has 0 saturated carbocycles. The monoisotopic (exact) mass is 411 g/mol. The molecule has 0 radical (unpaired) electrons. The Morgan fingerprint density at radius 1 is 1.12 bits per heavy atom. The number of amides is 1. The lowest BCUT2D eigenvalue weighted by Gasteiger charge is -2.04. The molecule has 3 rings (SSSR count). The Labute approximate surface area is 158 Å². The second kappa shape index (κ2) is 7.06. The second-order valence-corrected chi connectivity index (χ2v) is 8.09. The number of anilines is 1. The lowest BCUT2D eigenvalue weighted by atomic mass is 10.2. The van der Waals surface area contributed by atoms with E-state index in [0.29, 0.717) is 5.02 Å². The number of sulfone groups is 1. The van der Waals surface area contributed by atoms with Gasteiger partial charge in [0.15, 0.2) is 9.84 Å². The van der Waals surface area contributed by atoms with Crippen molar-refractivity contribution >= 4 is 45.0 Å². The lowest BCUT2D eigenvalue weighted by Crippen LogP contribution is -2.12. The first-order valence-electron chi connectivity index (χ1n) is 7.15. The van der Waals surface area contributed by atoms with Crippen molar-refractivity contribution in [2.75, 3.05) is 11.6 Å². The molecule has 0 atom stereocenters. The van der Waals surface area contributed by atoms with E-state index in [2.05, 4.69) is 15.5 Å². The summed E-state index contributed by atoms with van der Waals surface area (Å²) in [4.78, 5) is 12.3. The Bertz CT molecular complexity index is 1100. The highest BCUT2D eigenvalue weighted by atomic mass is 35.5. The minimum atomic E-state index is -3.50. The predicted molar refractivity (Wildman–Crippen MR) is 97.3 cm³/mol. The van der Waals surface area contributed by atoms with Crippen molar-refractivity contribution in [2.45, 2.75) is 4.90 Å². The number of hydrogen-bond donors (Lipinski definition) is 1. The van der Waals surface area contributed by atoms with Gasteiger partial charge in [0, 0.05) is 11.3 Å². The predicted octanol–water partition coefficient (Wildman–Crippen LogP) is 3.70. The fourth-order valence-corrected chi connectivity index (χ4v) is 3.44. The third-order valence-corrected chi connectivity index (χ3v) is 5.06. The number of rotatable bonds is 4. The Hall–Kier alpha value is -2.42. The maximum Gasteiger partial charge on any atom is 0.322 e. The largest absolute Gasteiger partial charge is 0.403 e. The van der Waals surface area contributed by atoms with Crippen LogP contribution in [0.25, 0.3) is 11.5 Å². The fraction of sp³-hybridized carbons (Fsp3) is 0.0625. The van der Waals surface area contributed by atoms with E-state index in [1.807, 2.05) is 0 Å². The van der Waals surface area contributed by atoms with E-state index in [9.17, 15) is 13.2 Å². The number of hydrogen-bond acceptors (Lipinski definition) is 6. The number of nitrogens with zero attached hydrogens (tertiary/aromatic N) is 2. The molecule has 3 aromatic rings. The third-order valence-electron chi connectivity index (χ3n) is 3.34. The van der Waals surface area contributed by atoms with Gasteiger partial charge in [0.1, 0.15) is 0 Å². The van der Waals surface area contributed by atoms with Crippen LogP contribution in [0.2, 0.25) is 10.0 Å². The Balaban J connectivity index is 1.90. The minimum Gasteiger partial charge on any atom is -0.403 e. The van der Waals surface area contributed by atoms with E-state index in [-0.39, 0.29) is 33.0 Å². The first-order chi connectivity index (χ1) is 12.3. The number of halogens is 2. The molecule has 1 N–H and O–H groups in total. The van der Waals surface area contributed by atoms with Gasteiger partial charge < -0.3 is 4.42 Å². The number of carbonyl (C=O) groups is 1. The zero-order valence-electron chi connectivity index (χ0n) is 13.2. The van der Waals surface area contributed by atoms with E-state index >= 15 is 0 Å². The topological polar surface area (TPSA) is 102 Å². The average molecular weight is 412 g/mol. The lowest BCUT2D eigenvalue weighted by molar-refractivity contribution is 0.102. The molecule has 0 saturated heterocycles. The van der Waals surface area contributed by atoms with Crippen molar-refractivity contribution in [3.63, 3.8) is 0 Å². The summed E-state index contributed by atoms with van der Waals surface area (Å²) in [6, 6.07) is 10.4. The highest BCUT2D eigenvalue weighted by Gasteiger charge is 2.20. The molecule has 0 bridgehead atoms. The van der Waals surface area contributed by atoms with Crippen LogP contribution in [-0.4, -0.2) is 30.8 Å². The molecule has 0 spiro atoms. The van der Waals surface area contributed by atoms with Crippen molar-refractivity contribution in [2.24, 2.45) is 0 Å². The molecule has 2 aromatic carbocycles. The molecular formula is C16H11Cl2N3O4S. The molecule has 1 aromatic heterocycles. The number of nitrogens with one attached hydrogen (secondary N) is 1. The standard InChI is InChI=1S/C16H11Cl2N3O4S/c1-26(23,24)13-5-3-2-4-10(13)15-20-21-16(25-15)19-14(22)11-8-9(17)6-7-12(11)18/h2-8H,1H3,(H,19,21,22). The molecular weight excluding hydrogens is 401 g/mol. The van der Waals surface area contributed by atoms with Gasteiger partial charge in [-0.1, -0.05) is 40.4 Å². The van der Waals surface area contributed by atoms with Gasteiger partial charge in [-0.05, 0) is 30.3 Å². The molecule has 0 aliphatic rings. The van der Waals surface area contributed by atoms with E-state index in [1.165, 1.54) is 24.3 Å². The van der Waals surface area contributed by atoms with Crippen LogP contribution in [0.1, 0.15) is 10.4 Å². The van der Waals surface area contributed by atoms with Gasteiger partial charge >= 0.3 is 6.01 Å². The van der Waals surface area contributed by atoms with Crippen LogP contribution in [0.5, 0.6) is 0 Å². The van der Waals surface area contributed by atoms with E-state index < -0.39 is 15.7 Å². The van der Waals surface area contributed by atoms with Crippen LogP contribution in [0.3, 0.4) is 0 Å². The molecule has 0 aliphatic heterocycles. The summed E-state index contributed by atoms with van der Waals surface area (Å²) in [6.07, 6.45) is 1.08. The number of carbonyl (C=O) groups excluding carboxylic acids is 1. The van der Waals surface area contributed by atoms with Crippen molar-refractivity contribution in [1.82, 2.24) is 10.2 Å². The van der Waals surface area contributed by atoms with Crippen LogP contribution in [0.4, 0.5) is 6.01 Å². The number of benzene rings is 2. The zero-order valence-corrected chi connectivity index (χ0v) is 15.6. The van der Waals surface area contributed by atoms with Gasteiger partial charge in [-0.3, -0.25) is 10.1 Å². The minimum absolute atomic E-state index is 0.0411. The van der Waals surface area contributed by atoms with Crippen LogP contribution < -0.4 is 5.32 Å². The molecule has 10 heteroatoms. The smallest absolute Gasteiger partial charge is 0.322 e. The summed E-state index contributed by atoms with van der Waals surface area (Å²) < 4.78 is 29.1. The Morgan fingerprint density at radius 3 is 2.58 bits per heavy atom. The molecule has 0 unspecified atom stereocenters. The molecule has 7 nitrogen and oxygen atoms in total. The average Bonchev–Trinajstić information content (AvgIpc) is 3.04. The first kappa shape index (κ1) is 18.4. The van der Waals surface area contributed by atoms with Crippen molar-refractivity contribution in [1.29, 1.82) is 0 Å². The molecule has 1 amide bonds. The van der Waals surface area contributed by atoms with E-state index in [1.54, 1.807) is 18.2 Å². The maximum atomic E-state index is 12.3. The highest BCUT2D eigenvalue weighted by Crippen LogP contribution is 2.27.